The Hall–Kier alpha value is -2.63. The minimum absolute atomic E-state index is 0.627. The molecular weight excluding hydrogens is 384 g/mol. The first-order valence-corrected chi connectivity index (χ1v) is 10.2. The summed E-state index contributed by atoms with van der Waals surface area (Å²) in [7, 11) is 1.69. The maximum Gasteiger partial charge on any atom is 0.132 e. The van der Waals surface area contributed by atoms with Gasteiger partial charge >= 0.3 is 0 Å². The molecule has 3 aromatic rings. The number of benzene rings is 3. The first kappa shape index (κ1) is 18.7. The molecule has 0 aliphatic carbocycles. The van der Waals surface area contributed by atoms with E-state index >= 15 is 0 Å². The van der Waals surface area contributed by atoms with Crippen molar-refractivity contribution in [1.29, 1.82) is 0 Å². The fraction of sp³-hybridized carbons (Fsp3) is 0.130. The first-order valence-electron chi connectivity index (χ1n) is 9.02. The second kappa shape index (κ2) is 8.17. The van der Waals surface area contributed by atoms with Gasteiger partial charge in [0.25, 0.3) is 0 Å². The Bertz CT molecular complexity index is 1060. The van der Waals surface area contributed by atoms with Crippen LogP contribution in [0, 0.1) is 6.92 Å². The van der Waals surface area contributed by atoms with Gasteiger partial charge in [-0.05, 0) is 42.8 Å². The second-order valence-electron chi connectivity index (χ2n) is 6.58. The average Bonchev–Trinajstić information content (AvgIpc) is 2.86. The molecule has 0 spiro atoms. The van der Waals surface area contributed by atoms with Crippen molar-refractivity contribution >= 4 is 46.1 Å². The maximum absolute atomic E-state index is 5.53. The third-order valence-electron chi connectivity index (χ3n) is 4.51. The summed E-state index contributed by atoms with van der Waals surface area (Å²) in [5.41, 5.74) is 5.16. The predicted molar refractivity (Wildman–Crippen MR) is 122 cm³/mol. The molecule has 1 aliphatic heterocycles. The van der Waals surface area contributed by atoms with Crippen LogP contribution in [-0.4, -0.2) is 17.8 Å². The van der Waals surface area contributed by atoms with Crippen molar-refractivity contribution in [2.24, 2.45) is 4.99 Å². The topological polar surface area (TPSA) is 33.6 Å². The molecule has 0 saturated carbocycles. The molecule has 0 unspecified atom stereocenters. The molecule has 3 aromatic carbocycles. The Morgan fingerprint density at radius 2 is 1.82 bits per heavy atom. The van der Waals surface area contributed by atoms with Crippen LogP contribution in [0.15, 0.2) is 81.5 Å². The van der Waals surface area contributed by atoms with Crippen LogP contribution in [0.3, 0.4) is 0 Å². The number of fused-ring (bicyclic) bond motifs is 1. The Morgan fingerprint density at radius 1 is 1.04 bits per heavy atom. The van der Waals surface area contributed by atoms with E-state index in [1.807, 2.05) is 24.3 Å². The lowest BCUT2D eigenvalue weighted by Crippen LogP contribution is -2.12. The van der Waals surface area contributed by atoms with Gasteiger partial charge in [0.2, 0.25) is 0 Å². The minimum atomic E-state index is 0.627. The van der Waals surface area contributed by atoms with E-state index in [0.29, 0.717) is 6.42 Å². The number of methoxy groups -OCH3 is 1. The summed E-state index contributed by atoms with van der Waals surface area (Å²) in [5, 5.41) is 3.33. The lowest BCUT2D eigenvalue weighted by Gasteiger charge is -2.10. The summed E-state index contributed by atoms with van der Waals surface area (Å²) in [5.74, 6) is 0.866. The molecule has 0 fully saturated rings. The van der Waals surface area contributed by atoms with E-state index in [9.17, 15) is 0 Å². The molecule has 28 heavy (non-hydrogen) atoms. The van der Waals surface area contributed by atoms with Gasteiger partial charge in [-0.2, -0.15) is 0 Å². The third kappa shape index (κ3) is 4.11. The fourth-order valence-corrected chi connectivity index (χ4v) is 4.25. The largest absolute Gasteiger partial charge is 0.496 e. The summed E-state index contributed by atoms with van der Waals surface area (Å²) in [6.07, 6.45) is 0.627. The molecule has 0 aromatic heterocycles. The van der Waals surface area contributed by atoms with Gasteiger partial charge in [-0.1, -0.05) is 65.9 Å². The monoisotopic (exact) mass is 404 g/mol. The highest BCUT2D eigenvalue weighted by Gasteiger charge is 2.16. The smallest absolute Gasteiger partial charge is 0.132 e. The van der Waals surface area contributed by atoms with Crippen molar-refractivity contribution in [2.75, 3.05) is 12.4 Å². The lowest BCUT2D eigenvalue weighted by molar-refractivity contribution is 0.405. The van der Waals surface area contributed by atoms with Crippen LogP contribution in [0.1, 0.15) is 17.5 Å². The number of ether oxygens (including phenoxy) is 1. The zero-order chi connectivity index (χ0) is 19.5. The van der Waals surface area contributed by atoms with Crippen LogP contribution in [0.25, 0.3) is 0 Å². The normalized spacial score (nSPS) is 13.2. The molecule has 0 saturated heterocycles. The molecular formula is C23H20N2OS2. The predicted octanol–water partition coefficient (Wildman–Crippen LogP) is 6.42. The van der Waals surface area contributed by atoms with E-state index in [0.717, 1.165) is 43.2 Å². The highest BCUT2D eigenvalue weighted by molar-refractivity contribution is 7.99. The molecule has 0 amide bonds. The summed E-state index contributed by atoms with van der Waals surface area (Å²) in [6.45, 7) is 2.08. The van der Waals surface area contributed by atoms with Crippen LogP contribution < -0.4 is 10.1 Å². The number of hydrogen-bond acceptors (Lipinski definition) is 4. The summed E-state index contributed by atoms with van der Waals surface area (Å²) < 4.78 is 5.47. The van der Waals surface area contributed by atoms with Gasteiger partial charge in [0, 0.05) is 11.3 Å². The quantitative estimate of drug-likeness (QED) is 0.509. The van der Waals surface area contributed by atoms with Gasteiger partial charge in [0.05, 0.1) is 34.1 Å². The van der Waals surface area contributed by atoms with E-state index < -0.39 is 0 Å². The first-order chi connectivity index (χ1) is 13.6. The van der Waals surface area contributed by atoms with Crippen molar-refractivity contribution in [1.82, 2.24) is 0 Å². The van der Waals surface area contributed by atoms with Gasteiger partial charge in [0.1, 0.15) is 5.75 Å². The Kier molecular flexibility index (Phi) is 5.46. The van der Waals surface area contributed by atoms with Gasteiger partial charge in [0.15, 0.2) is 0 Å². The number of para-hydroxylation sites is 1. The van der Waals surface area contributed by atoms with Crippen molar-refractivity contribution in [3.63, 3.8) is 0 Å². The number of nitrogens with zero attached hydrogens (tertiary/aromatic N) is 1. The molecule has 4 rings (SSSR count). The second-order valence-corrected chi connectivity index (χ2v) is 8.19. The van der Waals surface area contributed by atoms with Crippen molar-refractivity contribution in [3.05, 3.63) is 77.9 Å². The van der Waals surface area contributed by atoms with Crippen LogP contribution in [0.5, 0.6) is 5.75 Å². The third-order valence-corrected chi connectivity index (χ3v) is 5.80. The number of thiocarbonyl (C=S) groups is 1. The van der Waals surface area contributed by atoms with Crippen molar-refractivity contribution in [3.8, 4) is 5.75 Å². The van der Waals surface area contributed by atoms with Gasteiger partial charge in [-0.3, -0.25) is 4.99 Å². The van der Waals surface area contributed by atoms with E-state index in [-0.39, 0.29) is 0 Å². The molecule has 0 bridgehead atoms. The Morgan fingerprint density at radius 3 is 2.61 bits per heavy atom. The van der Waals surface area contributed by atoms with Crippen molar-refractivity contribution < 1.29 is 4.74 Å². The summed E-state index contributed by atoms with van der Waals surface area (Å²) in [4.78, 5) is 7.91. The molecule has 0 atom stereocenters. The standard InChI is InChI=1S/C23H20N2OS2/c1-15-7-9-16(10-8-15)19-14-23(27)25-18-12-11-17(13-20(18)24-19)28-22-6-4-3-5-21(22)26-2/h3-13H,14H2,1-2H3,(H,25,27). The van der Waals surface area contributed by atoms with Crippen molar-refractivity contribution in [2.45, 2.75) is 23.1 Å². The lowest BCUT2D eigenvalue weighted by atomic mass is 10.1. The molecule has 0 radical (unpaired) electrons. The molecule has 140 valence electrons. The molecule has 1 N–H and O–H groups in total. The number of aryl methyl sites for hydroxylation is 1. The zero-order valence-corrected chi connectivity index (χ0v) is 17.4. The van der Waals surface area contributed by atoms with E-state index in [2.05, 4.69) is 54.7 Å². The Labute approximate surface area is 174 Å². The molecule has 1 aliphatic rings. The number of anilines is 1. The van der Waals surface area contributed by atoms with Gasteiger partial charge < -0.3 is 10.1 Å². The average molecular weight is 405 g/mol. The molecule has 5 heteroatoms. The van der Waals surface area contributed by atoms with Crippen LogP contribution in [0.2, 0.25) is 0 Å². The van der Waals surface area contributed by atoms with Gasteiger partial charge in [-0.25, -0.2) is 0 Å². The molecule has 3 nitrogen and oxygen atoms in total. The number of rotatable bonds is 4. The minimum Gasteiger partial charge on any atom is -0.496 e. The fourth-order valence-electron chi connectivity index (χ4n) is 3.05. The van der Waals surface area contributed by atoms with E-state index in [1.165, 1.54) is 5.56 Å². The summed E-state index contributed by atoms with van der Waals surface area (Å²) in [6, 6.07) is 22.7. The number of nitrogens with one attached hydrogen (secondary N) is 1. The van der Waals surface area contributed by atoms with Crippen LogP contribution in [-0.2, 0) is 0 Å². The zero-order valence-electron chi connectivity index (χ0n) is 15.7. The summed E-state index contributed by atoms with van der Waals surface area (Å²) >= 11 is 7.19. The van der Waals surface area contributed by atoms with E-state index in [1.54, 1.807) is 18.9 Å². The van der Waals surface area contributed by atoms with Crippen LogP contribution in [0.4, 0.5) is 11.4 Å². The number of aliphatic imine (C=N–C) groups is 1. The molecule has 1 heterocycles. The van der Waals surface area contributed by atoms with Crippen LogP contribution >= 0.6 is 24.0 Å². The number of hydrogen-bond donors (Lipinski definition) is 1. The van der Waals surface area contributed by atoms with E-state index in [4.69, 9.17) is 21.9 Å². The SMILES string of the molecule is COc1ccccc1Sc1ccc2c(c1)N=C(c1ccc(C)cc1)CC(=S)N2. The Balaban J connectivity index is 1.71. The van der Waals surface area contributed by atoms with Gasteiger partial charge in [-0.15, -0.1) is 0 Å². The highest BCUT2D eigenvalue weighted by Crippen LogP contribution is 2.39. The maximum atomic E-state index is 5.53. The highest BCUT2D eigenvalue weighted by atomic mass is 32.2.